The SMILES string of the molecule is O=C(O)CC(c1cc(F)c(C(=O)O)cc1F)C1CC1. The van der Waals surface area contributed by atoms with Gasteiger partial charge < -0.3 is 10.2 Å². The van der Waals surface area contributed by atoms with E-state index in [9.17, 15) is 18.4 Å². The first-order valence-corrected chi connectivity index (χ1v) is 5.84. The maximum atomic E-state index is 13.9. The van der Waals surface area contributed by atoms with E-state index in [4.69, 9.17) is 10.2 Å². The summed E-state index contributed by atoms with van der Waals surface area (Å²) in [6.07, 6.45) is 1.27. The molecule has 102 valence electrons. The minimum Gasteiger partial charge on any atom is -0.481 e. The molecule has 1 saturated carbocycles. The van der Waals surface area contributed by atoms with Gasteiger partial charge in [0.05, 0.1) is 12.0 Å². The predicted octanol–water partition coefficient (Wildman–Crippen LogP) is 2.63. The van der Waals surface area contributed by atoms with E-state index in [0.29, 0.717) is 6.07 Å². The topological polar surface area (TPSA) is 74.6 Å². The van der Waals surface area contributed by atoms with Crippen LogP contribution in [-0.2, 0) is 4.79 Å². The fourth-order valence-corrected chi connectivity index (χ4v) is 2.23. The zero-order chi connectivity index (χ0) is 14.2. The second kappa shape index (κ2) is 4.95. The third-order valence-corrected chi connectivity index (χ3v) is 3.30. The highest BCUT2D eigenvalue weighted by Gasteiger charge is 2.36. The van der Waals surface area contributed by atoms with Crippen molar-refractivity contribution in [2.24, 2.45) is 5.92 Å². The summed E-state index contributed by atoms with van der Waals surface area (Å²) in [5.74, 6) is -5.12. The van der Waals surface area contributed by atoms with Gasteiger partial charge in [-0.2, -0.15) is 0 Å². The van der Waals surface area contributed by atoms with Gasteiger partial charge in [-0.3, -0.25) is 4.79 Å². The summed E-state index contributed by atoms with van der Waals surface area (Å²) < 4.78 is 27.4. The van der Waals surface area contributed by atoms with Crippen molar-refractivity contribution in [2.75, 3.05) is 0 Å². The summed E-state index contributed by atoms with van der Waals surface area (Å²) >= 11 is 0. The molecular formula is C13H12F2O4. The van der Waals surface area contributed by atoms with E-state index in [1.54, 1.807) is 0 Å². The number of carboxylic acid groups (broad SMARTS) is 2. The predicted molar refractivity (Wildman–Crippen MR) is 61.0 cm³/mol. The Kier molecular flexibility index (Phi) is 3.50. The van der Waals surface area contributed by atoms with Crippen LogP contribution >= 0.6 is 0 Å². The van der Waals surface area contributed by atoms with E-state index >= 15 is 0 Å². The van der Waals surface area contributed by atoms with E-state index < -0.39 is 35.1 Å². The molecule has 2 rings (SSSR count). The second-order valence-electron chi connectivity index (χ2n) is 4.70. The molecule has 1 aromatic carbocycles. The first-order chi connectivity index (χ1) is 8.90. The van der Waals surface area contributed by atoms with Gasteiger partial charge in [0.2, 0.25) is 0 Å². The van der Waals surface area contributed by atoms with Crippen LogP contribution in [0.15, 0.2) is 12.1 Å². The zero-order valence-electron chi connectivity index (χ0n) is 9.90. The fraction of sp³-hybridized carbons (Fsp3) is 0.385. The third-order valence-electron chi connectivity index (χ3n) is 3.30. The van der Waals surface area contributed by atoms with Gasteiger partial charge in [0.1, 0.15) is 11.6 Å². The van der Waals surface area contributed by atoms with Crippen LogP contribution in [0.5, 0.6) is 0 Å². The van der Waals surface area contributed by atoms with Crippen molar-refractivity contribution in [3.8, 4) is 0 Å². The van der Waals surface area contributed by atoms with Crippen LogP contribution in [0.2, 0.25) is 0 Å². The molecule has 2 N–H and O–H groups in total. The Morgan fingerprint density at radius 3 is 2.32 bits per heavy atom. The fourth-order valence-electron chi connectivity index (χ4n) is 2.23. The second-order valence-corrected chi connectivity index (χ2v) is 4.70. The monoisotopic (exact) mass is 270 g/mol. The number of carbonyl (C=O) groups is 2. The number of halogens is 2. The van der Waals surface area contributed by atoms with Gasteiger partial charge in [-0.1, -0.05) is 0 Å². The number of carboxylic acids is 2. The normalized spacial score (nSPS) is 16.1. The third kappa shape index (κ3) is 2.89. The van der Waals surface area contributed by atoms with Gasteiger partial charge >= 0.3 is 11.9 Å². The summed E-state index contributed by atoms with van der Waals surface area (Å²) in [7, 11) is 0. The number of benzene rings is 1. The summed E-state index contributed by atoms with van der Waals surface area (Å²) in [5, 5.41) is 17.5. The minimum absolute atomic E-state index is 0.0284. The van der Waals surface area contributed by atoms with E-state index in [-0.39, 0.29) is 17.9 Å². The molecule has 0 aromatic heterocycles. The first-order valence-electron chi connectivity index (χ1n) is 5.84. The van der Waals surface area contributed by atoms with E-state index in [1.807, 2.05) is 0 Å². The average Bonchev–Trinajstić information content (AvgIpc) is 3.12. The largest absolute Gasteiger partial charge is 0.481 e. The van der Waals surface area contributed by atoms with E-state index in [2.05, 4.69) is 0 Å². The van der Waals surface area contributed by atoms with Crippen molar-refractivity contribution in [2.45, 2.75) is 25.2 Å². The molecular weight excluding hydrogens is 258 g/mol. The molecule has 0 aliphatic heterocycles. The quantitative estimate of drug-likeness (QED) is 0.862. The summed E-state index contributed by atoms with van der Waals surface area (Å²) in [4.78, 5) is 21.5. The Balaban J connectivity index is 2.40. The average molecular weight is 270 g/mol. The molecule has 0 spiro atoms. The Labute approximate surface area is 107 Å². The molecule has 0 heterocycles. The smallest absolute Gasteiger partial charge is 0.338 e. The van der Waals surface area contributed by atoms with Crippen molar-refractivity contribution < 1.29 is 28.6 Å². The van der Waals surface area contributed by atoms with E-state index in [0.717, 1.165) is 18.9 Å². The van der Waals surface area contributed by atoms with Crippen molar-refractivity contribution in [3.05, 3.63) is 34.9 Å². The number of aliphatic carboxylic acids is 1. The highest BCUT2D eigenvalue weighted by molar-refractivity contribution is 5.88. The molecule has 1 aliphatic carbocycles. The van der Waals surface area contributed by atoms with Gasteiger partial charge in [0.15, 0.2) is 0 Å². The van der Waals surface area contributed by atoms with Gasteiger partial charge in [-0.15, -0.1) is 0 Å². The molecule has 0 saturated heterocycles. The lowest BCUT2D eigenvalue weighted by molar-refractivity contribution is -0.137. The molecule has 0 bridgehead atoms. The van der Waals surface area contributed by atoms with Crippen LogP contribution in [-0.4, -0.2) is 22.2 Å². The van der Waals surface area contributed by atoms with Gasteiger partial charge in [0, 0.05) is 5.92 Å². The van der Waals surface area contributed by atoms with Crippen molar-refractivity contribution >= 4 is 11.9 Å². The highest BCUT2D eigenvalue weighted by atomic mass is 19.1. The van der Waals surface area contributed by atoms with Crippen LogP contribution in [0, 0.1) is 17.6 Å². The summed E-state index contributed by atoms with van der Waals surface area (Å²) in [6, 6.07) is 1.43. The number of aromatic carboxylic acids is 1. The van der Waals surface area contributed by atoms with Crippen molar-refractivity contribution in [3.63, 3.8) is 0 Å². The summed E-state index contributed by atoms with van der Waals surface area (Å²) in [5.41, 5.74) is -0.793. The lowest BCUT2D eigenvalue weighted by atomic mass is 9.89. The standard InChI is InChI=1S/C13H12F2O4/c14-10-4-9(13(18)19)11(15)3-8(10)7(5-12(16)17)6-1-2-6/h3-4,6-7H,1-2,5H2,(H,16,17)(H,18,19). The Morgan fingerprint density at radius 1 is 1.21 bits per heavy atom. The molecule has 4 nitrogen and oxygen atoms in total. The molecule has 1 aliphatic rings. The molecule has 19 heavy (non-hydrogen) atoms. The molecule has 1 atom stereocenters. The molecule has 1 fully saturated rings. The van der Waals surface area contributed by atoms with Gasteiger partial charge in [-0.25, -0.2) is 13.6 Å². The number of hydrogen-bond donors (Lipinski definition) is 2. The lowest BCUT2D eigenvalue weighted by Gasteiger charge is -2.16. The Hall–Kier alpha value is -1.98. The lowest BCUT2D eigenvalue weighted by Crippen LogP contribution is -2.12. The molecule has 1 unspecified atom stereocenters. The van der Waals surface area contributed by atoms with Crippen LogP contribution in [0.1, 0.15) is 41.1 Å². The Bertz CT molecular complexity index is 538. The Morgan fingerprint density at radius 2 is 1.84 bits per heavy atom. The zero-order valence-corrected chi connectivity index (χ0v) is 9.90. The van der Waals surface area contributed by atoms with Crippen LogP contribution in [0.4, 0.5) is 8.78 Å². The van der Waals surface area contributed by atoms with Gasteiger partial charge in [0.25, 0.3) is 0 Å². The summed E-state index contributed by atoms with van der Waals surface area (Å²) in [6.45, 7) is 0. The first kappa shape index (κ1) is 13.5. The number of hydrogen-bond acceptors (Lipinski definition) is 2. The maximum Gasteiger partial charge on any atom is 0.338 e. The van der Waals surface area contributed by atoms with Crippen LogP contribution < -0.4 is 0 Å². The van der Waals surface area contributed by atoms with Gasteiger partial charge in [-0.05, 0) is 36.5 Å². The number of rotatable bonds is 5. The molecule has 0 radical (unpaired) electrons. The maximum absolute atomic E-state index is 13.9. The minimum atomic E-state index is -1.55. The van der Waals surface area contributed by atoms with Crippen molar-refractivity contribution in [1.29, 1.82) is 0 Å². The highest BCUT2D eigenvalue weighted by Crippen LogP contribution is 2.45. The molecule has 6 heteroatoms. The van der Waals surface area contributed by atoms with Crippen LogP contribution in [0.3, 0.4) is 0 Å². The molecule has 1 aromatic rings. The van der Waals surface area contributed by atoms with E-state index in [1.165, 1.54) is 0 Å². The molecule has 0 amide bonds. The van der Waals surface area contributed by atoms with Crippen molar-refractivity contribution in [1.82, 2.24) is 0 Å². The van der Waals surface area contributed by atoms with Crippen LogP contribution in [0.25, 0.3) is 0 Å².